The number of amides is 1. The Morgan fingerprint density at radius 3 is 2.73 bits per heavy atom. The molecule has 1 aliphatic carbocycles. The predicted octanol–water partition coefficient (Wildman–Crippen LogP) is 3.53. The van der Waals surface area contributed by atoms with Crippen molar-refractivity contribution in [2.75, 3.05) is 10.6 Å². The van der Waals surface area contributed by atoms with Gasteiger partial charge in [-0.3, -0.25) is 9.69 Å². The van der Waals surface area contributed by atoms with Gasteiger partial charge in [0, 0.05) is 17.8 Å². The van der Waals surface area contributed by atoms with Gasteiger partial charge in [-0.2, -0.15) is 0 Å². The molecule has 1 saturated carbocycles. The molecule has 0 saturated heterocycles. The van der Waals surface area contributed by atoms with E-state index in [0.29, 0.717) is 11.2 Å². The molecule has 1 fully saturated rings. The number of rotatable bonds is 1. The van der Waals surface area contributed by atoms with Crippen molar-refractivity contribution in [1.82, 2.24) is 15.0 Å². The fraction of sp³-hybridized carbons (Fsp3) is 0.368. The molecule has 2 aliphatic rings. The Balaban J connectivity index is 0.000000144. The van der Waals surface area contributed by atoms with Gasteiger partial charge >= 0.3 is 0 Å². The first-order chi connectivity index (χ1) is 12.5. The first kappa shape index (κ1) is 16.9. The number of anilines is 2. The molecule has 0 unspecified atom stereocenters. The fourth-order valence-electron chi connectivity index (χ4n) is 3.34. The lowest BCUT2D eigenvalue weighted by molar-refractivity contribution is -0.122. The average molecular weight is 367 g/mol. The first-order valence-electron chi connectivity index (χ1n) is 8.73. The van der Waals surface area contributed by atoms with Crippen LogP contribution in [0, 0.1) is 0 Å². The Kier molecular flexibility index (Phi) is 4.11. The summed E-state index contributed by atoms with van der Waals surface area (Å²) in [4.78, 5) is 26.7. The molecule has 3 aromatic rings. The summed E-state index contributed by atoms with van der Waals surface area (Å²) in [6.07, 6.45) is 6.73. The third-order valence-electron chi connectivity index (χ3n) is 5.10. The van der Waals surface area contributed by atoms with E-state index in [1.54, 1.807) is 6.20 Å². The molecule has 2 aromatic heterocycles. The van der Waals surface area contributed by atoms with Crippen LogP contribution in [0.4, 0.5) is 10.9 Å². The van der Waals surface area contributed by atoms with Crippen molar-refractivity contribution in [1.29, 1.82) is 0 Å². The lowest BCUT2D eigenvalue weighted by Gasteiger charge is -2.35. The van der Waals surface area contributed by atoms with Crippen LogP contribution in [0.15, 0.2) is 36.8 Å². The van der Waals surface area contributed by atoms with E-state index in [-0.39, 0.29) is 5.91 Å². The zero-order valence-electron chi connectivity index (χ0n) is 14.8. The summed E-state index contributed by atoms with van der Waals surface area (Å²) >= 11 is 1.52. The van der Waals surface area contributed by atoms with E-state index in [2.05, 4.69) is 15.0 Å². The van der Waals surface area contributed by atoms with Crippen LogP contribution in [0.2, 0.25) is 0 Å². The largest absolute Gasteiger partial charge is 0.375 e. The lowest BCUT2D eigenvalue weighted by Crippen LogP contribution is -2.46. The van der Waals surface area contributed by atoms with Crippen molar-refractivity contribution in [2.24, 2.45) is 0 Å². The lowest BCUT2D eigenvalue weighted by atomic mass is 9.87. The van der Waals surface area contributed by atoms with E-state index in [4.69, 9.17) is 5.73 Å². The number of para-hydroxylation sites is 1. The smallest absolute Gasteiger partial charge is 0.238 e. The number of nitrogens with two attached hydrogens (primary N) is 1. The number of carbonyl (C=O) groups is 1. The molecule has 5 rings (SSSR count). The number of thiazole rings is 1. The third-order valence-corrected chi connectivity index (χ3v) is 5.96. The summed E-state index contributed by atoms with van der Waals surface area (Å²) < 4.78 is 1.15. The predicted molar refractivity (Wildman–Crippen MR) is 104 cm³/mol. The van der Waals surface area contributed by atoms with E-state index in [0.717, 1.165) is 34.4 Å². The van der Waals surface area contributed by atoms with E-state index in [1.165, 1.54) is 24.1 Å². The number of hydrogen-bond donors (Lipinski definition) is 1. The minimum Gasteiger partial charge on any atom is -0.375 e. The van der Waals surface area contributed by atoms with Crippen LogP contribution in [-0.2, 0) is 10.2 Å². The van der Waals surface area contributed by atoms with Crippen LogP contribution < -0.4 is 10.6 Å². The highest BCUT2D eigenvalue weighted by molar-refractivity contribution is 7.22. The minimum atomic E-state index is -0.466. The summed E-state index contributed by atoms with van der Waals surface area (Å²) in [5, 5.41) is 0.640. The van der Waals surface area contributed by atoms with Crippen LogP contribution in [0.25, 0.3) is 10.2 Å². The molecule has 6 nitrogen and oxygen atoms in total. The number of nitrogens with zero attached hydrogens (tertiary/aromatic N) is 4. The highest BCUT2D eigenvalue weighted by atomic mass is 32.1. The normalized spacial score (nSPS) is 18.2. The number of aromatic nitrogens is 3. The van der Waals surface area contributed by atoms with Crippen LogP contribution in [-0.4, -0.2) is 26.9 Å². The topological polar surface area (TPSA) is 85.0 Å². The monoisotopic (exact) mass is 367 g/mol. The van der Waals surface area contributed by atoms with Crippen LogP contribution in [0.5, 0.6) is 0 Å². The Bertz CT molecular complexity index is 930. The molecular weight excluding hydrogens is 346 g/mol. The zero-order valence-corrected chi connectivity index (χ0v) is 15.7. The van der Waals surface area contributed by atoms with Gasteiger partial charge in [0.05, 0.1) is 15.6 Å². The van der Waals surface area contributed by atoms with Crippen molar-refractivity contribution in [3.63, 3.8) is 0 Å². The van der Waals surface area contributed by atoms with Gasteiger partial charge in [0.15, 0.2) is 5.13 Å². The average Bonchev–Trinajstić information content (AvgIpc) is 3.05. The van der Waals surface area contributed by atoms with Crippen LogP contribution in [0.3, 0.4) is 0 Å². The van der Waals surface area contributed by atoms with Crippen molar-refractivity contribution in [3.05, 3.63) is 42.4 Å². The number of nitrogen functional groups attached to an aromatic ring is 1. The molecule has 3 heterocycles. The van der Waals surface area contributed by atoms with Gasteiger partial charge in [0.25, 0.3) is 0 Å². The molecule has 1 aromatic carbocycles. The molecule has 0 spiro atoms. The Hall–Kier alpha value is -2.54. The van der Waals surface area contributed by atoms with Gasteiger partial charge in [0.2, 0.25) is 5.91 Å². The zero-order chi connectivity index (χ0) is 18.3. The molecule has 7 heteroatoms. The molecule has 134 valence electrons. The summed E-state index contributed by atoms with van der Waals surface area (Å²) in [5.41, 5.74) is 6.99. The number of fused-ring (bicyclic) bond motifs is 2. The molecule has 1 amide bonds. The Labute approximate surface area is 156 Å². The van der Waals surface area contributed by atoms with Crippen molar-refractivity contribution in [2.45, 2.75) is 44.6 Å². The summed E-state index contributed by atoms with van der Waals surface area (Å²) in [6.45, 7) is 3.91. The molecule has 2 N–H and O–H groups in total. The molecule has 0 radical (unpaired) electrons. The number of carbonyl (C=O) groups excluding carboxylic acids is 1. The molecule has 0 bridgehead atoms. The second kappa shape index (κ2) is 6.32. The van der Waals surface area contributed by atoms with E-state index >= 15 is 0 Å². The quantitative estimate of drug-likeness (QED) is 0.711. The van der Waals surface area contributed by atoms with Crippen molar-refractivity contribution in [3.8, 4) is 0 Å². The molecular formula is C19H21N5OS. The molecule has 1 aliphatic heterocycles. The molecule has 26 heavy (non-hydrogen) atoms. The summed E-state index contributed by atoms with van der Waals surface area (Å²) in [5.74, 6) is 1.00. The second-order valence-corrected chi connectivity index (χ2v) is 8.23. The highest BCUT2D eigenvalue weighted by Crippen LogP contribution is 2.43. The summed E-state index contributed by atoms with van der Waals surface area (Å²) in [6, 6.07) is 8.29. The van der Waals surface area contributed by atoms with Crippen molar-refractivity contribution >= 4 is 38.4 Å². The standard InChI is InChI=1S/C12H15N3O.C7H6N2S/c1-12(2)9-6-13-7-14-10(9)15(11(12)16)8-4-3-5-8;8-7-9-5-3-1-2-4-6(5)10-7/h6-8H,3-5H2,1-2H3;1-4H,(H2,8,9). The van der Waals surface area contributed by atoms with E-state index < -0.39 is 5.41 Å². The first-order valence-corrected chi connectivity index (χ1v) is 9.55. The minimum absolute atomic E-state index is 0.174. The maximum Gasteiger partial charge on any atom is 0.238 e. The Morgan fingerprint density at radius 2 is 2.04 bits per heavy atom. The second-order valence-electron chi connectivity index (χ2n) is 7.16. The fourth-order valence-corrected chi connectivity index (χ4v) is 4.08. The maximum atomic E-state index is 12.4. The van der Waals surface area contributed by atoms with Gasteiger partial charge in [-0.1, -0.05) is 23.5 Å². The number of benzene rings is 1. The van der Waals surface area contributed by atoms with Crippen LogP contribution in [0.1, 0.15) is 38.7 Å². The van der Waals surface area contributed by atoms with Gasteiger partial charge < -0.3 is 5.73 Å². The maximum absolute atomic E-state index is 12.4. The SMILES string of the molecule is CC1(C)C(=O)N(C2CCC2)c2ncncc21.Nc1nc2ccccc2s1. The third kappa shape index (κ3) is 2.72. The molecule has 0 atom stereocenters. The summed E-state index contributed by atoms with van der Waals surface area (Å²) in [7, 11) is 0. The van der Waals surface area contributed by atoms with Gasteiger partial charge in [0.1, 0.15) is 12.1 Å². The van der Waals surface area contributed by atoms with E-state index in [9.17, 15) is 4.79 Å². The van der Waals surface area contributed by atoms with Crippen molar-refractivity contribution < 1.29 is 4.79 Å². The van der Waals surface area contributed by atoms with Crippen LogP contribution >= 0.6 is 11.3 Å². The number of hydrogen-bond acceptors (Lipinski definition) is 6. The Morgan fingerprint density at radius 1 is 1.27 bits per heavy atom. The van der Waals surface area contributed by atoms with Gasteiger partial charge in [-0.05, 0) is 45.2 Å². The van der Waals surface area contributed by atoms with E-state index in [1.807, 2.05) is 43.0 Å². The highest BCUT2D eigenvalue weighted by Gasteiger charge is 2.48. The van der Waals surface area contributed by atoms with Gasteiger partial charge in [-0.15, -0.1) is 0 Å². The van der Waals surface area contributed by atoms with Gasteiger partial charge in [-0.25, -0.2) is 15.0 Å².